The zero-order chi connectivity index (χ0) is 29.1. The summed E-state index contributed by atoms with van der Waals surface area (Å²) in [5.41, 5.74) is 14.6. The van der Waals surface area contributed by atoms with E-state index >= 15 is 0 Å². The number of nitrogens with zero attached hydrogens (tertiary/aromatic N) is 2. The van der Waals surface area contributed by atoms with Crippen molar-refractivity contribution in [3.63, 3.8) is 0 Å². The second kappa shape index (κ2) is 7.58. The summed E-state index contributed by atoms with van der Waals surface area (Å²) in [5, 5.41) is 8.11. The van der Waals surface area contributed by atoms with Crippen LogP contribution in [-0.4, -0.2) is 16.8 Å². The highest BCUT2D eigenvalue weighted by molar-refractivity contribution is 7.00. The summed E-state index contributed by atoms with van der Waals surface area (Å²) in [6.45, 7) is 7.67. The number of hydrogen-bond donors (Lipinski definition) is 0. The van der Waals surface area contributed by atoms with Gasteiger partial charge in [-0.15, -0.1) is 0 Å². The Bertz CT molecular complexity index is 2470. The third-order valence-electron chi connectivity index (χ3n) is 12.5. The monoisotopic (exact) mass is 564 g/mol. The molecule has 1 aromatic heterocycles. The largest absolute Gasteiger partial charge is 0.335 e. The van der Waals surface area contributed by atoms with Gasteiger partial charge in [-0.3, -0.25) is 0 Å². The molecule has 7 aromatic rings. The SMILES string of the molecule is Cc1cc2c3c(c1)-n1c4c(cccc4c4c5ccccc5c5ccccc5c41)B3c1cccc3c1N2C1(C)CCCCC31C. The molecular weight excluding hydrogens is 531 g/mol. The number of aryl methyl sites for hydroxylation is 1. The smallest absolute Gasteiger partial charge is 0.252 e. The lowest BCUT2D eigenvalue weighted by molar-refractivity contribution is 0.195. The van der Waals surface area contributed by atoms with Gasteiger partial charge in [-0.2, -0.15) is 0 Å². The van der Waals surface area contributed by atoms with Crippen molar-refractivity contribution in [1.82, 2.24) is 4.57 Å². The van der Waals surface area contributed by atoms with Crippen LogP contribution in [0.3, 0.4) is 0 Å². The predicted molar refractivity (Wildman–Crippen MR) is 188 cm³/mol. The minimum absolute atomic E-state index is 0.0597. The molecule has 3 heteroatoms. The van der Waals surface area contributed by atoms with Crippen LogP contribution in [0, 0.1) is 6.92 Å². The number of para-hydroxylation sites is 2. The van der Waals surface area contributed by atoms with E-state index in [2.05, 4.69) is 127 Å². The van der Waals surface area contributed by atoms with E-state index < -0.39 is 0 Å². The molecule has 6 aromatic carbocycles. The van der Waals surface area contributed by atoms with Crippen LogP contribution in [0.5, 0.6) is 0 Å². The minimum atomic E-state index is 0.0597. The van der Waals surface area contributed by atoms with Crippen molar-refractivity contribution in [3.05, 3.63) is 108 Å². The van der Waals surface area contributed by atoms with Crippen LogP contribution >= 0.6 is 0 Å². The minimum Gasteiger partial charge on any atom is -0.335 e. The molecule has 0 amide bonds. The molecule has 2 unspecified atom stereocenters. The molecule has 1 saturated carbocycles. The first-order valence-corrected chi connectivity index (χ1v) is 16.5. The van der Waals surface area contributed by atoms with E-state index in [0.29, 0.717) is 0 Å². The van der Waals surface area contributed by atoms with E-state index in [-0.39, 0.29) is 17.7 Å². The Morgan fingerprint density at radius 2 is 1.30 bits per heavy atom. The summed E-state index contributed by atoms with van der Waals surface area (Å²) in [6.07, 6.45) is 5.11. The highest BCUT2D eigenvalue weighted by atomic mass is 15.3. The van der Waals surface area contributed by atoms with Crippen LogP contribution in [0.2, 0.25) is 0 Å². The van der Waals surface area contributed by atoms with Crippen molar-refractivity contribution in [3.8, 4) is 5.69 Å². The summed E-state index contributed by atoms with van der Waals surface area (Å²) in [7, 11) is 0. The van der Waals surface area contributed by atoms with E-state index in [9.17, 15) is 0 Å². The highest BCUT2D eigenvalue weighted by Gasteiger charge is 2.61. The molecule has 3 aliphatic heterocycles. The summed E-state index contributed by atoms with van der Waals surface area (Å²) >= 11 is 0. The normalized spacial score (nSPS) is 22.6. The van der Waals surface area contributed by atoms with Gasteiger partial charge in [-0.1, -0.05) is 105 Å². The molecule has 2 atom stereocenters. The Morgan fingerprint density at radius 3 is 2.14 bits per heavy atom. The molecule has 0 saturated heterocycles. The Kier molecular flexibility index (Phi) is 4.12. The fourth-order valence-corrected chi connectivity index (χ4v) is 10.5. The maximum absolute atomic E-state index is 2.84. The van der Waals surface area contributed by atoms with Crippen molar-refractivity contribution in [2.75, 3.05) is 4.90 Å². The average molecular weight is 565 g/mol. The number of anilines is 2. The molecule has 1 aliphatic carbocycles. The lowest BCUT2D eigenvalue weighted by atomic mass is 9.33. The molecule has 0 spiro atoms. The zero-order valence-electron chi connectivity index (χ0n) is 25.5. The van der Waals surface area contributed by atoms with Crippen LogP contribution in [0.4, 0.5) is 11.4 Å². The molecular formula is C41H33BN2. The van der Waals surface area contributed by atoms with E-state index in [4.69, 9.17) is 0 Å². The molecule has 4 heterocycles. The quantitative estimate of drug-likeness (QED) is 0.133. The van der Waals surface area contributed by atoms with Gasteiger partial charge in [-0.05, 0) is 82.5 Å². The third-order valence-corrected chi connectivity index (χ3v) is 12.5. The first-order chi connectivity index (χ1) is 21.5. The summed E-state index contributed by atoms with van der Waals surface area (Å²) in [5.74, 6) is 0. The van der Waals surface area contributed by atoms with Gasteiger partial charge in [0.05, 0.1) is 11.1 Å². The highest BCUT2D eigenvalue weighted by Crippen LogP contribution is 2.61. The van der Waals surface area contributed by atoms with Crippen LogP contribution in [0.1, 0.15) is 50.7 Å². The average Bonchev–Trinajstić information content (AvgIpc) is 3.50. The Morgan fingerprint density at radius 1 is 0.636 bits per heavy atom. The van der Waals surface area contributed by atoms with E-state index in [1.165, 1.54) is 108 Å². The Hall–Kier alpha value is -4.50. The van der Waals surface area contributed by atoms with Gasteiger partial charge in [0.25, 0.3) is 6.71 Å². The van der Waals surface area contributed by atoms with Gasteiger partial charge in [0.1, 0.15) is 0 Å². The first kappa shape index (κ1) is 23.9. The number of benzene rings is 6. The molecule has 0 N–H and O–H groups in total. The van der Waals surface area contributed by atoms with Gasteiger partial charge < -0.3 is 9.47 Å². The number of fused-ring (bicyclic) bond motifs is 15. The predicted octanol–water partition coefficient (Wildman–Crippen LogP) is 8.28. The fraction of sp³-hybridized carbons (Fsp3) is 0.220. The molecule has 0 radical (unpaired) electrons. The lowest BCUT2D eigenvalue weighted by Gasteiger charge is -2.52. The summed E-state index contributed by atoms with van der Waals surface area (Å²) < 4.78 is 2.67. The van der Waals surface area contributed by atoms with Crippen molar-refractivity contribution in [2.45, 2.75) is 57.4 Å². The molecule has 44 heavy (non-hydrogen) atoms. The van der Waals surface area contributed by atoms with Crippen molar-refractivity contribution in [1.29, 1.82) is 0 Å². The summed E-state index contributed by atoms with van der Waals surface area (Å²) in [6, 6.07) is 37.5. The molecule has 11 rings (SSSR count). The number of rotatable bonds is 0. The number of hydrogen-bond acceptors (Lipinski definition) is 1. The van der Waals surface area contributed by atoms with Gasteiger partial charge in [0, 0.05) is 44.2 Å². The molecule has 1 fully saturated rings. The zero-order valence-corrected chi connectivity index (χ0v) is 25.5. The molecule has 210 valence electrons. The van der Waals surface area contributed by atoms with Crippen molar-refractivity contribution < 1.29 is 0 Å². The van der Waals surface area contributed by atoms with Crippen LogP contribution in [-0.2, 0) is 5.41 Å². The third kappa shape index (κ3) is 2.43. The van der Waals surface area contributed by atoms with Gasteiger partial charge in [0.2, 0.25) is 0 Å². The lowest BCUT2D eigenvalue weighted by Crippen LogP contribution is -2.64. The first-order valence-electron chi connectivity index (χ1n) is 16.5. The van der Waals surface area contributed by atoms with Gasteiger partial charge in [0.15, 0.2) is 0 Å². The second-order valence-electron chi connectivity index (χ2n) is 14.4. The standard InChI is InChI=1S/C41H33BN2/c1-24-22-33-36-34(23-24)44-39-30(40(2)20-8-9-21-41(40,44)3)17-11-19-32(39)42(36)31-18-10-16-29-35-27-14-6-4-12-25(27)26-13-5-7-15-28(26)38(35)43(33)37(29)31/h4-7,10-19,22-23H,8-9,20-21H2,1-3H3. The van der Waals surface area contributed by atoms with E-state index in [1.807, 2.05) is 0 Å². The van der Waals surface area contributed by atoms with Crippen LogP contribution in [0.15, 0.2) is 97.1 Å². The second-order valence-corrected chi connectivity index (χ2v) is 14.4. The van der Waals surface area contributed by atoms with Crippen LogP contribution < -0.4 is 21.3 Å². The van der Waals surface area contributed by atoms with Crippen molar-refractivity contribution >= 4 is 77.8 Å². The molecule has 2 nitrogen and oxygen atoms in total. The topological polar surface area (TPSA) is 8.17 Å². The summed E-state index contributed by atoms with van der Waals surface area (Å²) in [4.78, 5) is 2.84. The van der Waals surface area contributed by atoms with Crippen LogP contribution in [0.25, 0.3) is 49.0 Å². The van der Waals surface area contributed by atoms with Gasteiger partial charge in [-0.25, -0.2) is 0 Å². The van der Waals surface area contributed by atoms with Crippen molar-refractivity contribution in [2.24, 2.45) is 0 Å². The maximum atomic E-state index is 2.84. The van der Waals surface area contributed by atoms with Gasteiger partial charge >= 0.3 is 0 Å². The Labute approximate surface area is 258 Å². The fourth-order valence-electron chi connectivity index (χ4n) is 10.5. The maximum Gasteiger partial charge on any atom is 0.252 e. The van der Waals surface area contributed by atoms with E-state index in [0.717, 1.165) is 0 Å². The Balaban J connectivity index is 1.39. The van der Waals surface area contributed by atoms with E-state index in [1.54, 1.807) is 5.56 Å². The molecule has 4 aliphatic rings. The molecule has 0 bridgehead atoms. The number of aromatic nitrogens is 1.